The van der Waals surface area contributed by atoms with Crippen molar-refractivity contribution in [2.75, 3.05) is 4.90 Å². The van der Waals surface area contributed by atoms with E-state index in [2.05, 4.69) is 311 Å². The van der Waals surface area contributed by atoms with Crippen LogP contribution in [0.2, 0.25) is 0 Å². The van der Waals surface area contributed by atoms with Gasteiger partial charge in [0.15, 0.2) is 0 Å². The fourth-order valence-electron chi connectivity index (χ4n) is 12.7. The van der Waals surface area contributed by atoms with E-state index >= 15 is 0 Å². The largest absolute Gasteiger partial charge is 0.311 e. The first-order chi connectivity index (χ1) is 37.7. The highest BCUT2D eigenvalue weighted by atomic mass is 15.1. The minimum absolute atomic E-state index is 0.484. The van der Waals surface area contributed by atoms with E-state index in [9.17, 15) is 0 Å². The molecular formula is C73H49N3. The van der Waals surface area contributed by atoms with Crippen LogP contribution in [-0.4, -0.2) is 9.13 Å². The number of nitrogens with zero attached hydrogens (tertiary/aromatic N) is 3. The third-order valence-electron chi connectivity index (χ3n) is 16.0. The summed E-state index contributed by atoms with van der Waals surface area (Å²) in [4.78, 5) is 2.39. The fourth-order valence-corrected chi connectivity index (χ4v) is 12.7. The van der Waals surface area contributed by atoms with Crippen molar-refractivity contribution in [2.45, 2.75) is 5.41 Å². The molecule has 0 saturated heterocycles. The van der Waals surface area contributed by atoms with Crippen LogP contribution >= 0.6 is 0 Å². The lowest BCUT2D eigenvalue weighted by Crippen LogP contribution is -2.28. The van der Waals surface area contributed by atoms with E-state index < -0.39 is 5.41 Å². The van der Waals surface area contributed by atoms with Gasteiger partial charge in [0.1, 0.15) is 0 Å². The smallest absolute Gasteiger partial charge is 0.0713 e. The molecule has 0 aliphatic heterocycles. The summed E-state index contributed by atoms with van der Waals surface area (Å²) in [6, 6.07) is 109. The Morgan fingerprint density at radius 3 is 1.01 bits per heavy atom. The van der Waals surface area contributed by atoms with Crippen LogP contribution in [0.15, 0.2) is 297 Å². The van der Waals surface area contributed by atoms with Gasteiger partial charge in [-0.3, -0.25) is 0 Å². The number of aromatic nitrogens is 2. The highest BCUT2D eigenvalue weighted by Crippen LogP contribution is 2.56. The third kappa shape index (κ3) is 6.76. The zero-order valence-electron chi connectivity index (χ0n) is 41.6. The molecule has 0 spiro atoms. The van der Waals surface area contributed by atoms with E-state index in [0.717, 1.165) is 50.7 Å². The first kappa shape index (κ1) is 43.6. The average Bonchev–Trinajstić information content (AvgIpc) is 4.13. The highest BCUT2D eigenvalue weighted by Gasteiger charge is 2.45. The fraction of sp³-hybridized carbons (Fsp3) is 0.0137. The lowest BCUT2D eigenvalue weighted by molar-refractivity contribution is 0.768. The molecule has 0 bridgehead atoms. The first-order valence-corrected chi connectivity index (χ1v) is 26.2. The van der Waals surface area contributed by atoms with Crippen LogP contribution in [0, 0.1) is 0 Å². The van der Waals surface area contributed by atoms with Crippen LogP contribution < -0.4 is 4.90 Å². The molecule has 0 atom stereocenters. The van der Waals surface area contributed by atoms with Crippen LogP contribution in [-0.2, 0) is 5.41 Å². The second-order valence-corrected chi connectivity index (χ2v) is 20.0. The number of para-hydroxylation sites is 4. The van der Waals surface area contributed by atoms with Crippen LogP contribution in [0.1, 0.15) is 22.3 Å². The highest BCUT2D eigenvalue weighted by molar-refractivity contribution is 6.10. The lowest BCUT2D eigenvalue weighted by atomic mass is 9.68. The summed E-state index contributed by atoms with van der Waals surface area (Å²) in [5.74, 6) is 0. The molecule has 12 aromatic carbocycles. The number of hydrogen-bond acceptors (Lipinski definition) is 1. The molecular weight excluding hydrogens is 919 g/mol. The van der Waals surface area contributed by atoms with Crippen LogP contribution in [0.25, 0.3) is 88.4 Å². The van der Waals surface area contributed by atoms with Gasteiger partial charge in [-0.1, -0.05) is 212 Å². The van der Waals surface area contributed by atoms with Crippen molar-refractivity contribution in [1.82, 2.24) is 9.13 Å². The normalized spacial score (nSPS) is 12.6. The van der Waals surface area contributed by atoms with Gasteiger partial charge in [-0.05, 0) is 141 Å². The first-order valence-electron chi connectivity index (χ1n) is 26.2. The maximum Gasteiger partial charge on any atom is 0.0713 e. The Kier molecular flexibility index (Phi) is 10.1. The summed E-state index contributed by atoms with van der Waals surface area (Å²) in [6.07, 6.45) is 0. The molecule has 0 amide bonds. The average molecular weight is 968 g/mol. The molecule has 2 heterocycles. The summed E-state index contributed by atoms with van der Waals surface area (Å²) >= 11 is 0. The predicted molar refractivity (Wildman–Crippen MR) is 318 cm³/mol. The molecule has 2 aromatic heterocycles. The maximum atomic E-state index is 2.39. The molecule has 14 aromatic rings. The Morgan fingerprint density at radius 1 is 0.250 bits per heavy atom. The van der Waals surface area contributed by atoms with E-state index in [0.29, 0.717) is 0 Å². The zero-order valence-corrected chi connectivity index (χ0v) is 41.6. The Balaban J connectivity index is 0.837. The Hall–Kier alpha value is -9.96. The Bertz CT molecular complexity index is 4150. The molecule has 0 unspecified atom stereocenters. The summed E-state index contributed by atoms with van der Waals surface area (Å²) in [5, 5.41) is 5.04. The summed E-state index contributed by atoms with van der Waals surface area (Å²) < 4.78 is 4.78. The van der Waals surface area contributed by atoms with Gasteiger partial charge in [-0.25, -0.2) is 0 Å². The van der Waals surface area contributed by atoms with Crippen molar-refractivity contribution < 1.29 is 0 Å². The molecule has 3 nitrogen and oxygen atoms in total. The van der Waals surface area contributed by atoms with Gasteiger partial charge in [0.25, 0.3) is 0 Å². The SMILES string of the molecule is c1ccc(C2(c3ccc(N(c4ccc(-c5cccc(-n6c7ccccc7c7ccccc76)c5)cc4)c4ccc(-c5cccc(-n6c7ccccc7c7ccccc76)c5)cc4)cc3)c3ccccc3-c3ccccc32)cc1. The van der Waals surface area contributed by atoms with Crippen molar-refractivity contribution in [1.29, 1.82) is 0 Å². The van der Waals surface area contributed by atoms with Crippen molar-refractivity contribution in [2.24, 2.45) is 0 Å². The molecule has 76 heavy (non-hydrogen) atoms. The second kappa shape index (κ2) is 17.6. The number of anilines is 3. The molecule has 3 heteroatoms. The van der Waals surface area contributed by atoms with Gasteiger partial charge in [0, 0.05) is 50.0 Å². The molecule has 356 valence electrons. The van der Waals surface area contributed by atoms with Crippen LogP contribution in [0.3, 0.4) is 0 Å². The molecule has 1 aliphatic carbocycles. The van der Waals surface area contributed by atoms with Gasteiger partial charge in [-0.2, -0.15) is 0 Å². The molecule has 1 aliphatic rings. The van der Waals surface area contributed by atoms with Crippen molar-refractivity contribution in [3.63, 3.8) is 0 Å². The van der Waals surface area contributed by atoms with E-state index in [-0.39, 0.29) is 0 Å². The van der Waals surface area contributed by atoms with Gasteiger partial charge in [-0.15, -0.1) is 0 Å². The van der Waals surface area contributed by atoms with Gasteiger partial charge < -0.3 is 14.0 Å². The molecule has 0 saturated carbocycles. The maximum absolute atomic E-state index is 2.39. The van der Waals surface area contributed by atoms with E-state index in [1.165, 1.54) is 77.0 Å². The monoisotopic (exact) mass is 967 g/mol. The lowest BCUT2D eigenvalue weighted by Gasteiger charge is -2.34. The summed E-state index contributed by atoms with van der Waals surface area (Å²) in [6.45, 7) is 0. The predicted octanol–water partition coefficient (Wildman–Crippen LogP) is 19.0. The number of fused-ring (bicyclic) bond motifs is 9. The summed E-state index contributed by atoms with van der Waals surface area (Å²) in [5.41, 5.74) is 22.2. The van der Waals surface area contributed by atoms with Crippen molar-refractivity contribution in [3.8, 4) is 44.8 Å². The number of hydrogen-bond donors (Lipinski definition) is 0. The van der Waals surface area contributed by atoms with Crippen molar-refractivity contribution >= 4 is 60.7 Å². The van der Waals surface area contributed by atoms with E-state index in [1.54, 1.807) is 0 Å². The van der Waals surface area contributed by atoms with Gasteiger partial charge >= 0.3 is 0 Å². The quantitative estimate of drug-likeness (QED) is 0.140. The van der Waals surface area contributed by atoms with Gasteiger partial charge in [0.05, 0.1) is 27.5 Å². The van der Waals surface area contributed by atoms with Crippen molar-refractivity contribution in [3.05, 3.63) is 320 Å². The minimum atomic E-state index is -0.484. The Labute approximate surface area is 442 Å². The molecule has 0 N–H and O–H groups in total. The summed E-state index contributed by atoms with van der Waals surface area (Å²) in [7, 11) is 0. The number of rotatable bonds is 9. The van der Waals surface area contributed by atoms with E-state index in [4.69, 9.17) is 0 Å². The van der Waals surface area contributed by atoms with Crippen LogP contribution in [0.4, 0.5) is 17.1 Å². The third-order valence-corrected chi connectivity index (χ3v) is 16.0. The van der Waals surface area contributed by atoms with E-state index in [1.807, 2.05) is 0 Å². The van der Waals surface area contributed by atoms with Gasteiger partial charge in [0.2, 0.25) is 0 Å². The van der Waals surface area contributed by atoms with Crippen LogP contribution in [0.5, 0.6) is 0 Å². The second-order valence-electron chi connectivity index (χ2n) is 20.0. The Morgan fingerprint density at radius 2 is 0.592 bits per heavy atom. The molecule has 15 rings (SSSR count). The standard InChI is InChI=1S/C73H49N3/c1-2-20-54(21-3-1)73(67-30-10-4-24-61(67)62-25-5-11-31-68(62)73)55-40-46-58(47-41-55)74(56-42-36-50(37-43-56)52-18-16-22-59(48-52)75-69-32-12-6-26-63(69)64-27-7-13-33-70(64)75)57-44-38-51(39-45-57)53-19-17-23-60(49-53)76-71-34-14-8-28-65(71)66-29-9-15-35-72(66)76/h1-49H. The molecule has 0 fully saturated rings. The zero-order chi connectivity index (χ0) is 50.2. The minimum Gasteiger partial charge on any atom is -0.311 e. The number of benzene rings is 12. The topological polar surface area (TPSA) is 13.1 Å². The molecule has 0 radical (unpaired) electrons.